The van der Waals surface area contributed by atoms with Gasteiger partial charge in [0.25, 0.3) is 0 Å². The number of hydrogen-bond donors (Lipinski definition) is 0. The number of benzene rings is 1. The van der Waals surface area contributed by atoms with Crippen LogP contribution in [0.15, 0.2) is 36.8 Å². The number of piperidine rings is 1. The third-order valence-corrected chi connectivity index (χ3v) is 4.04. The molecule has 1 fully saturated rings. The third kappa shape index (κ3) is 2.62. The van der Waals surface area contributed by atoms with Gasteiger partial charge in [0.15, 0.2) is 0 Å². The summed E-state index contributed by atoms with van der Waals surface area (Å²) in [5.41, 5.74) is 2.89. The first-order valence-electron chi connectivity index (χ1n) is 7.27. The van der Waals surface area contributed by atoms with Crippen LogP contribution in [0.4, 0.5) is 5.69 Å². The van der Waals surface area contributed by atoms with Crippen LogP contribution in [0, 0.1) is 22.7 Å². The summed E-state index contributed by atoms with van der Waals surface area (Å²) in [4.78, 5) is 10.5. The molecule has 0 saturated carbocycles. The zero-order chi connectivity index (χ0) is 15.4. The molecule has 2 aromatic rings. The molecule has 2 heterocycles. The lowest BCUT2D eigenvalue weighted by molar-refractivity contribution is 0.500. The number of nitrogens with zero attached hydrogens (tertiary/aromatic N) is 5. The van der Waals surface area contributed by atoms with Crippen molar-refractivity contribution >= 4 is 5.69 Å². The molecule has 1 saturated heterocycles. The molecule has 0 radical (unpaired) electrons. The van der Waals surface area contributed by atoms with E-state index in [0.717, 1.165) is 37.3 Å². The van der Waals surface area contributed by atoms with E-state index < -0.39 is 0 Å². The van der Waals surface area contributed by atoms with Gasteiger partial charge in [0.2, 0.25) is 0 Å². The Bertz CT molecular complexity index is 710. The molecule has 22 heavy (non-hydrogen) atoms. The minimum absolute atomic E-state index is 0.301. The number of para-hydroxylation sites is 1. The van der Waals surface area contributed by atoms with Crippen molar-refractivity contribution in [2.45, 2.75) is 18.8 Å². The second-order valence-electron chi connectivity index (χ2n) is 5.34. The summed E-state index contributed by atoms with van der Waals surface area (Å²) in [6.07, 6.45) is 5.40. The van der Waals surface area contributed by atoms with Gasteiger partial charge in [0.05, 0.1) is 16.8 Å². The van der Waals surface area contributed by atoms with Crippen molar-refractivity contribution in [1.29, 1.82) is 10.5 Å². The average Bonchev–Trinajstić information content (AvgIpc) is 2.61. The van der Waals surface area contributed by atoms with Crippen molar-refractivity contribution in [3.63, 3.8) is 0 Å². The number of hydrogen-bond acceptors (Lipinski definition) is 5. The zero-order valence-electron chi connectivity index (χ0n) is 12.1. The van der Waals surface area contributed by atoms with E-state index in [0.29, 0.717) is 17.0 Å². The van der Waals surface area contributed by atoms with Gasteiger partial charge >= 0.3 is 0 Å². The lowest BCUT2D eigenvalue weighted by atomic mass is 9.93. The van der Waals surface area contributed by atoms with Crippen LogP contribution in [0.1, 0.15) is 35.6 Å². The molecule has 0 amide bonds. The highest BCUT2D eigenvalue weighted by molar-refractivity contribution is 5.68. The van der Waals surface area contributed by atoms with E-state index in [9.17, 15) is 10.5 Å². The molecule has 1 aliphatic rings. The van der Waals surface area contributed by atoms with Crippen LogP contribution in [0.3, 0.4) is 0 Å². The van der Waals surface area contributed by atoms with E-state index in [2.05, 4.69) is 27.0 Å². The lowest BCUT2D eigenvalue weighted by Crippen LogP contribution is -2.35. The Kier molecular flexibility index (Phi) is 3.98. The molecule has 0 aliphatic carbocycles. The minimum atomic E-state index is 0.301. The topological polar surface area (TPSA) is 76.6 Å². The maximum Gasteiger partial charge on any atom is 0.115 e. The number of nitriles is 2. The van der Waals surface area contributed by atoms with Crippen molar-refractivity contribution in [2.24, 2.45) is 0 Å². The Labute approximate surface area is 129 Å². The van der Waals surface area contributed by atoms with Crippen molar-refractivity contribution in [2.75, 3.05) is 18.0 Å². The Balaban J connectivity index is 1.94. The predicted molar refractivity (Wildman–Crippen MR) is 82.1 cm³/mol. The third-order valence-electron chi connectivity index (χ3n) is 4.04. The van der Waals surface area contributed by atoms with Crippen molar-refractivity contribution in [3.8, 4) is 12.1 Å². The van der Waals surface area contributed by atoms with E-state index in [1.54, 1.807) is 30.7 Å². The van der Waals surface area contributed by atoms with E-state index in [1.807, 2.05) is 6.07 Å². The van der Waals surface area contributed by atoms with E-state index in [1.165, 1.54) is 0 Å². The fraction of sp³-hybridized carbons (Fsp3) is 0.294. The summed E-state index contributed by atoms with van der Waals surface area (Å²) < 4.78 is 0. The van der Waals surface area contributed by atoms with Gasteiger partial charge in [-0.2, -0.15) is 10.5 Å². The van der Waals surface area contributed by atoms with Crippen LogP contribution in [0.2, 0.25) is 0 Å². The monoisotopic (exact) mass is 289 g/mol. The van der Waals surface area contributed by atoms with Gasteiger partial charge in [0, 0.05) is 30.9 Å². The minimum Gasteiger partial charge on any atom is -0.369 e. The summed E-state index contributed by atoms with van der Waals surface area (Å²) in [6, 6.07) is 11.6. The number of aromatic nitrogens is 2. The molecule has 1 unspecified atom stereocenters. The fourth-order valence-electron chi connectivity index (χ4n) is 3.03. The van der Waals surface area contributed by atoms with Crippen molar-refractivity contribution < 1.29 is 0 Å². The Morgan fingerprint density at radius 2 is 1.91 bits per heavy atom. The SMILES string of the molecule is N#Cc1cccc(C#N)c1N1CCCC(c2ccncn2)C1. The maximum atomic E-state index is 9.35. The number of anilines is 1. The Morgan fingerprint density at radius 1 is 1.14 bits per heavy atom. The molecule has 108 valence electrons. The molecule has 0 spiro atoms. The molecule has 1 aliphatic heterocycles. The zero-order valence-corrected chi connectivity index (χ0v) is 12.1. The summed E-state index contributed by atoms with van der Waals surface area (Å²) >= 11 is 0. The normalized spacial score (nSPS) is 17.5. The number of rotatable bonds is 2. The average molecular weight is 289 g/mol. The standard InChI is InChI=1S/C17H15N5/c18-9-13-3-1-4-14(10-19)17(13)22-8-2-5-15(11-22)16-6-7-20-12-21-16/h1,3-4,6-7,12,15H,2,5,8,11H2. The summed E-state index contributed by atoms with van der Waals surface area (Å²) in [7, 11) is 0. The van der Waals surface area contributed by atoms with Crippen LogP contribution in [0.25, 0.3) is 0 Å². The van der Waals surface area contributed by atoms with Gasteiger partial charge in [-0.15, -0.1) is 0 Å². The second kappa shape index (κ2) is 6.24. The molecule has 1 aromatic heterocycles. The van der Waals surface area contributed by atoms with Gasteiger partial charge in [-0.25, -0.2) is 9.97 Å². The van der Waals surface area contributed by atoms with E-state index in [4.69, 9.17) is 0 Å². The lowest BCUT2D eigenvalue weighted by Gasteiger charge is -2.35. The molecular formula is C17H15N5. The molecular weight excluding hydrogens is 274 g/mol. The Hall–Kier alpha value is -2.92. The van der Waals surface area contributed by atoms with Gasteiger partial charge in [-0.1, -0.05) is 6.07 Å². The first-order valence-corrected chi connectivity index (χ1v) is 7.27. The van der Waals surface area contributed by atoms with Crippen LogP contribution in [-0.2, 0) is 0 Å². The fourth-order valence-corrected chi connectivity index (χ4v) is 3.03. The van der Waals surface area contributed by atoms with E-state index in [-0.39, 0.29) is 0 Å². The molecule has 1 atom stereocenters. The van der Waals surface area contributed by atoms with Crippen molar-refractivity contribution in [1.82, 2.24) is 9.97 Å². The van der Waals surface area contributed by atoms with Crippen LogP contribution >= 0.6 is 0 Å². The van der Waals surface area contributed by atoms with Gasteiger partial charge in [-0.3, -0.25) is 0 Å². The van der Waals surface area contributed by atoms with Gasteiger partial charge < -0.3 is 4.90 Å². The largest absolute Gasteiger partial charge is 0.369 e. The second-order valence-corrected chi connectivity index (χ2v) is 5.34. The summed E-state index contributed by atoms with van der Waals surface area (Å²) in [5, 5.41) is 18.7. The summed E-state index contributed by atoms with van der Waals surface area (Å²) in [5.74, 6) is 0.301. The molecule has 0 bridgehead atoms. The predicted octanol–water partition coefficient (Wildman–Crippen LogP) is 2.60. The van der Waals surface area contributed by atoms with Crippen LogP contribution < -0.4 is 4.90 Å². The molecule has 5 nitrogen and oxygen atoms in total. The highest BCUT2D eigenvalue weighted by Crippen LogP contribution is 2.32. The summed E-state index contributed by atoms with van der Waals surface area (Å²) in [6.45, 7) is 1.62. The molecule has 0 N–H and O–H groups in total. The quantitative estimate of drug-likeness (QED) is 0.849. The van der Waals surface area contributed by atoms with Crippen molar-refractivity contribution in [3.05, 3.63) is 53.6 Å². The maximum absolute atomic E-state index is 9.35. The van der Waals surface area contributed by atoms with Crippen LogP contribution in [-0.4, -0.2) is 23.1 Å². The first-order chi connectivity index (χ1) is 10.8. The highest BCUT2D eigenvalue weighted by atomic mass is 15.1. The molecule has 3 rings (SSSR count). The smallest absolute Gasteiger partial charge is 0.115 e. The highest BCUT2D eigenvalue weighted by Gasteiger charge is 2.25. The van der Waals surface area contributed by atoms with Gasteiger partial charge in [-0.05, 0) is 31.0 Å². The van der Waals surface area contributed by atoms with Crippen LogP contribution in [0.5, 0.6) is 0 Å². The Morgan fingerprint density at radius 3 is 2.55 bits per heavy atom. The first kappa shape index (κ1) is 14.0. The van der Waals surface area contributed by atoms with E-state index >= 15 is 0 Å². The molecule has 5 heteroatoms. The van der Waals surface area contributed by atoms with Gasteiger partial charge in [0.1, 0.15) is 18.5 Å². The molecule has 1 aromatic carbocycles.